The molecule has 2 heterocycles. The lowest BCUT2D eigenvalue weighted by Gasteiger charge is -2.16. The summed E-state index contributed by atoms with van der Waals surface area (Å²) in [6, 6.07) is 24.9. The fourth-order valence-electron chi connectivity index (χ4n) is 5.42. The number of pyridine rings is 1. The molecule has 6 rings (SSSR count). The molecular formula is C34H30N4O. The summed E-state index contributed by atoms with van der Waals surface area (Å²) in [7, 11) is 1.78. The normalized spacial score (nSPS) is 15.5. The van der Waals surface area contributed by atoms with Gasteiger partial charge in [0.2, 0.25) is 0 Å². The Kier molecular flexibility index (Phi) is 5.84. The first kappa shape index (κ1) is 24.6. The molecule has 0 bridgehead atoms. The van der Waals surface area contributed by atoms with Gasteiger partial charge in [-0.05, 0) is 83.7 Å². The molecule has 5 heteroatoms. The molecule has 5 nitrogen and oxygen atoms in total. The van der Waals surface area contributed by atoms with Crippen LogP contribution in [0.3, 0.4) is 0 Å². The number of imidazole rings is 1. The fraction of sp³-hybridized carbons (Fsp3) is 0.206. The molecule has 39 heavy (non-hydrogen) atoms. The number of benzene rings is 3. The Bertz CT molecular complexity index is 2020. The molecule has 0 amide bonds. The highest BCUT2D eigenvalue weighted by molar-refractivity contribution is 6.05. The van der Waals surface area contributed by atoms with Crippen LogP contribution in [0.5, 0.6) is 0 Å². The Labute approximate surface area is 227 Å². The average Bonchev–Trinajstić information content (AvgIpc) is 3.20. The number of hydrogen-bond donors (Lipinski definition) is 0. The van der Waals surface area contributed by atoms with Gasteiger partial charge in [-0.1, -0.05) is 61.5 Å². The van der Waals surface area contributed by atoms with Gasteiger partial charge in [0.25, 0.3) is 0 Å². The van der Waals surface area contributed by atoms with Gasteiger partial charge in [0.05, 0.1) is 39.9 Å². The number of aromatic nitrogens is 3. The fourth-order valence-corrected chi connectivity index (χ4v) is 5.42. The van der Waals surface area contributed by atoms with E-state index in [0.29, 0.717) is 5.92 Å². The second kappa shape index (κ2) is 9.25. The molecule has 2 aromatic heterocycles. The Balaban J connectivity index is 1.60. The lowest BCUT2D eigenvalue weighted by Crippen LogP contribution is -2.24. The van der Waals surface area contributed by atoms with E-state index in [4.69, 9.17) is 4.98 Å². The van der Waals surface area contributed by atoms with Crippen LogP contribution in [0.25, 0.3) is 45.3 Å². The zero-order valence-electron chi connectivity index (χ0n) is 22.6. The highest BCUT2D eigenvalue weighted by Crippen LogP contribution is 2.30. The highest BCUT2D eigenvalue weighted by Gasteiger charge is 2.21. The van der Waals surface area contributed by atoms with Gasteiger partial charge in [0.15, 0.2) is 0 Å². The maximum atomic E-state index is 13.5. The third-order valence-corrected chi connectivity index (χ3v) is 7.82. The van der Waals surface area contributed by atoms with Gasteiger partial charge in [-0.3, -0.25) is 14.1 Å². The van der Waals surface area contributed by atoms with E-state index >= 15 is 0 Å². The minimum absolute atomic E-state index is 0.133. The van der Waals surface area contributed by atoms with Crippen molar-refractivity contribution >= 4 is 39.7 Å². The topological polar surface area (TPSA) is 63.6 Å². The molecule has 1 aliphatic rings. The summed E-state index contributed by atoms with van der Waals surface area (Å²) in [5, 5.41) is 12.9. The van der Waals surface area contributed by atoms with Crippen molar-refractivity contribution in [1.82, 2.24) is 14.1 Å². The minimum Gasteiger partial charge on any atom is -0.293 e. The van der Waals surface area contributed by atoms with Crippen molar-refractivity contribution in [3.63, 3.8) is 0 Å². The van der Waals surface area contributed by atoms with Crippen molar-refractivity contribution in [2.45, 2.75) is 32.6 Å². The van der Waals surface area contributed by atoms with E-state index in [1.54, 1.807) is 22.4 Å². The summed E-state index contributed by atoms with van der Waals surface area (Å²) in [6.45, 7) is 6.03. The van der Waals surface area contributed by atoms with Gasteiger partial charge in [-0.2, -0.15) is 5.26 Å². The maximum Gasteiger partial charge on any atom is 0.333 e. The largest absolute Gasteiger partial charge is 0.333 e. The van der Waals surface area contributed by atoms with Gasteiger partial charge >= 0.3 is 5.69 Å². The first-order chi connectivity index (χ1) is 18.8. The predicted octanol–water partition coefficient (Wildman–Crippen LogP) is 5.36. The Morgan fingerprint density at radius 3 is 2.51 bits per heavy atom. The van der Waals surface area contributed by atoms with E-state index in [-0.39, 0.29) is 5.69 Å². The number of allylic oxidation sites excluding steroid dienone is 2. The lowest BCUT2D eigenvalue weighted by atomic mass is 9.86. The smallest absolute Gasteiger partial charge is 0.293 e. The third-order valence-electron chi connectivity index (χ3n) is 7.82. The average molecular weight is 511 g/mol. The van der Waals surface area contributed by atoms with E-state index in [1.807, 2.05) is 44.2 Å². The first-order valence-corrected chi connectivity index (χ1v) is 13.3. The second-order valence-electron chi connectivity index (χ2n) is 11.0. The molecular weight excluding hydrogens is 480 g/mol. The number of nitriles is 1. The predicted molar refractivity (Wildman–Crippen MR) is 159 cm³/mol. The molecule has 0 aliphatic heterocycles. The molecule has 0 saturated carbocycles. The van der Waals surface area contributed by atoms with Gasteiger partial charge in [-0.15, -0.1) is 0 Å². The second-order valence-corrected chi connectivity index (χ2v) is 11.0. The van der Waals surface area contributed by atoms with Crippen LogP contribution in [0.4, 0.5) is 0 Å². The van der Waals surface area contributed by atoms with E-state index in [2.05, 4.69) is 67.6 Å². The molecule has 0 fully saturated rings. The zero-order valence-corrected chi connectivity index (χ0v) is 22.6. The molecule has 0 radical (unpaired) electrons. The van der Waals surface area contributed by atoms with E-state index in [9.17, 15) is 10.1 Å². The summed E-state index contributed by atoms with van der Waals surface area (Å²) >= 11 is 0. The standard InChI is InChI=1S/C34H30N4O/c1-22-9-10-23-7-5-6-8-24(23)18-26(17-22)25-11-16-30-29(19-25)32-31(20-36-30)37(4)33(39)38(32)28-14-12-27(13-15-28)34(2,3)21-35/h5-8,10-20,22H,9H2,1-4H3. The Morgan fingerprint density at radius 1 is 1.03 bits per heavy atom. The van der Waals surface area contributed by atoms with Gasteiger partial charge in [0.1, 0.15) is 0 Å². The third kappa shape index (κ3) is 4.19. The maximum absolute atomic E-state index is 13.5. The number of nitrogens with zero attached hydrogens (tertiary/aromatic N) is 4. The quantitative estimate of drug-likeness (QED) is 0.328. The number of hydrogen-bond acceptors (Lipinski definition) is 3. The molecule has 1 atom stereocenters. The van der Waals surface area contributed by atoms with Crippen LogP contribution in [0.15, 0.2) is 83.8 Å². The van der Waals surface area contributed by atoms with Gasteiger partial charge < -0.3 is 0 Å². The van der Waals surface area contributed by atoms with Crippen molar-refractivity contribution in [3.8, 4) is 11.8 Å². The molecule has 1 unspecified atom stereocenters. The highest BCUT2D eigenvalue weighted by atomic mass is 16.1. The van der Waals surface area contributed by atoms with Crippen LogP contribution in [0.2, 0.25) is 0 Å². The van der Waals surface area contributed by atoms with E-state index in [0.717, 1.165) is 50.7 Å². The van der Waals surface area contributed by atoms with Crippen LogP contribution >= 0.6 is 0 Å². The summed E-state index contributed by atoms with van der Waals surface area (Å²) in [5.74, 6) is 0.389. The van der Waals surface area contributed by atoms with Crippen molar-refractivity contribution in [3.05, 3.63) is 111 Å². The van der Waals surface area contributed by atoms with Gasteiger partial charge in [0, 0.05) is 12.4 Å². The van der Waals surface area contributed by atoms with Crippen LogP contribution in [-0.2, 0) is 12.5 Å². The Morgan fingerprint density at radius 2 is 1.77 bits per heavy atom. The van der Waals surface area contributed by atoms with Crippen LogP contribution in [-0.4, -0.2) is 14.1 Å². The van der Waals surface area contributed by atoms with Crippen molar-refractivity contribution in [2.75, 3.05) is 0 Å². The molecule has 192 valence electrons. The van der Waals surface area contributed by atoms with Crippen LogP contribution < -0.4 is 16.1 Å². The zero-order chi connectivity index (χ0) is 27.3. The monoisotopic (exact) mass is 510 g/mol. The molecule has 5 aromatic rings. The molecule has 0 spiro atoms. The molecule has 1 aliphatic carbocycles. The summed E-state index contributed by atoms with van der Waals surface area (Å²) < 4.78 is 3.41. The lowest BCUT2D eigenvalue weighted by molar-refractivity contribution is 0.686. The van der Waals surface area contributed by atoms with Gasteiger partial charge in [-0.25, -0.2) is 4.79 Å². The summed E-state index contributed by atoms with van der Waals surface area (Å²) in [5.41, 5.74) is 5.62. The van der Waals surface area contributed by atoms with Crippen molar-refractivity contribution < 1.29 is 0 Å². The minimum atomic E-state index is -0.608. The molecule has 0 saturated heterocycles. The number of fused-ring (bicyclic) bond motifs is 4. The Hall–Kier alpha value is -4.69. The van der Waals surface area contributed by atoms with Crippen LogP contribution in [0.1, 0.15) is 38.3 Å². The first-order valence-electron chi connectivity index (χ1n) is 13.3. The summed E-state index contributed by atoms with van der Waals surface area (Å²) in [4.78, 5) is 18.2. The van der Waals surface area contributed by atoms with Crippen LogP contribution in [0, 0.1) is 17.2 Å². The number of aryl methyl sites for hydroxylation is 1. The summed E-state index contributed by atoms with van der Waals surface area (Å²) in [6.07, 6.45) is 9.64. The number of rotatable bonds is 3. The van der Waals surface area contributed by atoms with Crippen molar-refractivity contribution in [2.24, 2.45) is 13.0 Å². The SMILES string of the molecule is CC1C=C(c2ccc3ncc4c(c3c2)n(-c2ccc(C(C)(C)C#N)cc2)c(=O)n4C)C=c2ccccc2=CC1. The molecule has 0 N–H and O–H groups in total. The van der Waals surface area contributed by atoms with E-state index in [1.165, 1.54) is 10.4 Å². The molecule has 3 aromatic carbocycles. The van der Waals surface area contributed by atoms with Crippen molar-refractivity contribution in [1.29, 1.82) is 5.26 Å². The van der Waals surface area contributed by atoms with E-state index < -0.39 is 5.41 Å².